The Hall–Kier alpha value is -1.82. The average Bonchev–Trinajstić information content (AvgIpc) is 3.22. The van der Waals surface area contributed by atoms with Gasteiger partial charge in [0.1, 0.15) is 6.10 Å². The van der Waals surface area contributed by atoms with Crippen molar-refractivity contribution in [3.05, 3.63) is 57.7 Å². The van der Waals surface area contributed by atoms with Crippen molar-refractivity contribution in [1.29, 1.82) is 0 Å². The van der Waals surface area contributed by atoms with Crippen LogP contribution in [0.2, 0.25) is 10.0 Å². The molecule has 7 heteroatoms. The number of carbonyl (C=O) groups excluding carboxylic acids is 1. The Morgan fingerprint density at radius 1 is 1.19 bits per heavy atom. The molecule has 1 aromatic heterocycles. The van der Waals surface area contributed by atoms with E-state index in [9.17, 15) is 9.90 Å². The van der Waals surface area contributed by atoms with Crippen molar-refractivity contribution in [1.82, 2.24) is 9.88 Å². The first-order valence-corrected chi connectivity index (χ1v) is 12.1. The van der Waals surface area contributed by atoms with E-state index in [0.717, 1.165) is 30.4 Å². The van der Waals surface area contributed by atoms with Gasteiger partial charge in [0.2, 0.25) is 11.8 Å². The maximum Gasteiger partial charge on any atom is 0.225 e. The maximum atomic E-state index is 13.3. The Balaban J connectivity index is 1.56. The van der Waals surface area contributed by atoms with Crippen molar-refractivity contribution in [2.75, 3.05) is 13.1 Å². The molecule has 0 bridgehead atoms. The van der Waals surface area contributed by atoms with Gasteiger partial charge in [0.15, 0.2) is 0 Å². The number of hydrogen-bond acceptors (Lipinski definition) is 4. The number of benzene rings is 1. The molecule has 1 aliphatic heterocycles. The lowest BCUT2D eigenvalue weighted by Gasteiger charge is -2.29. The van der Waals surface area contributed by atoms with Gasteiger partial charge in [-0.05, 0) is 56.4 Å². The van der Waals surface area contributed by atoms with E-state index in [1.807, 2.05) is 49.1 Å². The van der Waals surface area contributed by atoms with Crippen LogP contribution in [0.25, 0.3) is 0 Å². The predicted molar refractivity (Wildman–Crippen MR) is 126 cm³/mol. The van der Waals surface area contributed by atoms with E-state index >= 15 is 0 Å². The average molecular weight is 477 g/mol. The maximum absolute atomic E-state index is 13.3. The summed E-state index contributed by atoms with van der Waals surface area (Å²) >= 11 is 12.5. The Labute approximate surface area is 199 Å². The molecular weight excluding hydrogens is 447 g/mol. The quantitative estimate of drug-likeness (QED) is 0.639. The number of aliphatic hydroxyl groups excluding tert-OH is 1. The van der Waals surface area contributed by atoms with Crippen molar-refractivity contribution < 1.29 is 14.6 Å². The molecule has 2 fully saturated rings. The van der Waals surface area contributed by atoms with Gasteiger partial charge >= 0.3 is 0 Å². The zero-order valence-electron chi connectivity index (χ0n) is 18.5. The molecular formula is C25H30Cl2N2O3. The highest BCUT2D eigenvalue weighted by atomic mass is 35.5. The van der Waals surface area contributed by atoms with E-state index in [2.05, 4.69) is 4.98 Å². The summed E-state index contributed by atoms with van der Waals surface area (Å²) in [5.74, 6) is 0.755. The predicted octanol–water partition coefficient (Wildman–Crippen LogP) is 5.26. The molecule has 1 N–H and O–H groups in total. The summed E-state index contributed by atoms with van der Waals surface area (Å²) in [4.78, 5) is 19.6. The number of carbonyl (C=O) groups is 1. The number of nitrogens with zero attached hydrogens (tertiary/aromatic N) is 2. The largest absolute Gasteiger partial charge is 0.474 e. The Kier molecular flexibility index (Phi) is 7.28. The smallest absolute Gasteiger partial charge is 0.225 e. The molecule has 3 unspecified atom stereocenters. The molecule has 2 aromatic rings. The van der Waals surface area contributed by atoms with Crippen LogP contribution in [0.1, 0.15) is 49.7 Å². The summed E-state index contributed by atoms with van der Waals surface area (Å²) < 4.78 is 6.20. The topological polar surface area (TPSA) is 62.7 Å². The molecule has 1 saturated heterocycles. The number of amides is 1. The minimum atomic E-state index is -0.378. The standard InChI is InChI=1S/C25H30Cl2N2O3/c1-15-6-9-24(28-12-15)32-16(2)20-13-29(25(31)18-4-3-5-19(30)10-18)14-21(20)17-7-8-22(26)23(27)11-17/h6-9,11-12,16,18-21,30H,3-5,10,13-14H2,1-2H3/t16-,18?,19?,20?,21+/m0/s1. The molecule has 4 rings (SSSR count). The van der Waals surface area contributed by atoms with E-state index in [0.29, 0.717) is 35.4 Å². The highest BCUT2D eigenvalue weighted by Gasteiger charge is 2.42. The number of aryl methyl sites for hydroxylation is 1. The van der Waals surface area contributed by atoms with Crippen LogP contribution in [0, 0.1) is 18.8 Å². The summed E-state index contributed by atoms with van der Waals surface area (Å²) in [7, 11) is 0. The number of hydrogen-bond donors (Lipinski definition) is 1. The molecule has 5 atom stereocenters. The summed E-state index contributed by atoms with van der Waals surface area (Å²) in [5, 5.41) is 11.1. The fraction of sp³-hybridized carbons (Fsp3) is 0.520. The molecule has 0 radical (unpaired) electrons. The van der Waals surface area contributed by atoms with Gasteiger partial charge in [0.05, 0.1) is 16.1 Å². The first kappa shape index (κ1) is 23.3. The molecule has 1 saturated carbocycles. The third-order valence-electron chi connectivity index (χ3n) is 6.84. The van der Waals surface area contributed by atoms with Crippen molar-refractivity contribution in [3.63, 3.8) is 0 Å². The number of pyridine rings is 1. The number of ether oxygens (including phenoxy) is 1. The molecule has 2 heterocycles. The zero-order valence-corrected chi connectivity index (χ0v) is 20.0. The van der Waals surface area contributed by atoms with E-state index < -0.39 is 0 Å². The van der Waals surface area contributed by atoms with Crippen molar-refractivity contribution >= 4 is 29.1 Å². The minimum Gasteiger partial charge on any atom is -0.474 e. The number of aliphatic hydroxyl groups is 1. The summed E-state index contributed by atoms with van der Waals surface area (Å²) in [6, 6.07) is 9.55. The van der Waals surface area contributed by atoms with Crippen LogP contribution < -0.4 is 4.74 Å². The van der Waals surface area contributed by atoms with Gasteiger partial charge in [0.25, 0.3) is 0 Å². The SMILES string of the molecule is Cc1ccc(O[C@@H](C)C2CN(C(=O)C3CCCC(O)C3)C[C@@H]2c2ccc(Cl)c(Cl)c2)nc1. The van der Waals surface area contributed by atoms with Gasteiger partial charge in [-0.2, -0.15) is 0 Å². The second-order valence-electron chi connectivity index (χ2n) is 9.20. The molecule has 0 spiro atoms. The first-order valence-electron chi connectivity index (χ1n) is 11.3. The third-order valence-corrected chi connectivity index (χ3v) is 7.58. The normalized spacial score (nSPS) is 26.7. The second kappa shape index (κ2) is 9.98. The van der Waals surface area contributed by atoms with Gasteiger partial charge in [-0.15, -0.1) is 0 Å². The van der Waals surface area contributed by atoms with Gasteiger partial charge in [-0.25, -0.2) is 4.98 Å². The molecule has 1 amide bonds. The second-order valence-corrected chi connectivity index (χ2v) is 10.0. The van der Waals surface area contributed by atoms with Crippen molar-refractivity contribution in [2.24, 2.45) is 11.8 Å². The van der Waals surface area contributed by atoms with Gasteiger partial charge in [0, 0.05) is 43.1 Å². The number of halogens is 2. The van der Waals surface area contributed by atoms with Crippen LogP contribution in [-0.4, -0.2) is 46.2 Å². The minimum absolute atomic E-state index is 0.0719. The zero-order chi connectivity index (χ0) is 22.8. The van der Waals surface area contributed by atoms with Gasteiger partial charge < -0.3 is 14.7 Å². The molecule has 172 valence electrons. The third kappa shape index (κ3) is 5.22. The molecule has 32 heavy (non-hydrogen) atoms. The fourth-order valence-corrected chi connectivity index (χ4v) is 5.34. The van der Waals surface area contributed by atoms with Crippen LogP contribution in [0.15, 0.2) is 36.5 Å². The Morgan fingerprint density at radius 3 is 2.69 bits per heavy atom. The summed E-state index contributed by atoms with van der Waals surface area (Å²) in [6.07, 6.45) is 4.33. The number of rotatable bonds is 5. The molecule has 1 aliphatic carbocycles. The number of likely N-dealkylation sites (tertiary alicyclic amines) is 1. The lowest BCUT2D eigenvalue weighted by molar-refractivity contribution is -0.137. The monoisotopic (exact) mass is 476 g/mol. The molecule has 1 aromatic carbocycles. The van der Waals surface area contributed by atoms with Crippen LogP contribution in [0.4, 0.5) is 0 Å². The lowest BCUT2D eigenvalue weighted by Crippen LogP contribution is -2.38. The van der Waals surface area contributed by atoms with Crippen molar-refractivity contribution in [3.8, 4) is 5.88 Å². The highest BCUT2D eigenvalue weighted by molar-refractivity contribution is 6.42. The van der Waals surface area contributed by atoms with Crippen LogP contribution in [0.5, 0.6) is 5.88 Å². The fourth-order valence-electron chi connectivity index (χ4n) is 5.03. The van der Waals surface area contributed by atoms with E-state index in [-0.39, 0.29) is 35.9 Å². The van der Waals surface area contributed by atoms with Crippen LogP contribution >= 0.6 is 23.2 Å². The van der Waals surface area contributed by atoms with E-state index in [1.165, 1.54) is 0 Å². The number of aromatic nitrogens is 1. The van der Waals surface area contributed by atoms with Gasteiger partial charge in [-0.3, -0.25) is 4.79 Å². The van der Waals surface area contributed by atoms with E-state index in [1.54, 1.807) is 6.20 Å². The van der Waals surface area contributed by atoms with Crippen LogP contribution in [0.3, 0.4) is 0 Å². The molecule has 2 aliphatic rings. The first-order chi connectivity index (χ1) is 15.3. The highest BCUT2D eigenvalue weighted by Crippen LogP contribution is 2.39. The summed E-state index contributed by atoms with van der Waals surface area (Å²) in [5.41, 5.74) is 2.13. The van der Waals surface area contributed by atoms with Crippen molar-refractivity contribution in [2.45, 2.75) is 57.7 Å². The van der Waals surface area contributed by atoms with Gasteiger partial charge in [-0.1, -0.05) is 41.8 Å². The molecule has 5 nitrogen and oxygen atoms in total. The Morgan fingerprint density at radius 2 is 2.00 bits per heavy atom. The van der Waals surface area contributed by atoms with E-state index in [4.69, 9.17) is 27.9 Å². The summed E-state index contributed by atoms with van der Waals surface area (Å²) in [6.45, 7) is 5.23. The Bertz CT molecular complexity index is 953. The lowest BCUT2D eigenvalue weighted by atomic mass is 9.86. The van der Waals surface area contributed by atoms with Crippen LogP contribution in [-0.2, 0) is 4.79 Å².